The minimum atomic E-state index is -4.66. The molecule has 0 saturated carbocycles. The zero-order valence-corrected chi connectivity index (χ0v) is 12.9. The highest BCUT2D eigenvalue weighted by molar-refractivity contribution is 5.49. The molecule has 2 aliphatic heterocycles. The van der Waals surface area contributed by atoms with E-state index in [1.165, 1.54) is 31.4 Å². The Kier molecular flexibility index (Phi) is 4.96. The minimum absolute atomic E-state index is 0.189. The summed E-state index contributed by atoms with van der Waals surface area (Å²) in [4.78, 5) is 2.48. The van der Waals surface area contributed by atoms with Gasteiger partial charge in [-0.3, -0.25) is 4.90 Å². The predicted molar refractivity (Wildman–Crippen MR) is 82.6 cm³/mol. The molecule has 2 heterocycles. The van der Waals surface area contributed by atoms with Gasteiger partial charge in [0.2, 0.25) is 0 Å². The molecule has 1 aromatic carbocycles. The van der Waals surface area contributed by atoms with Crippen molar-refractivity contribution in [2.45, 2.75) is 37.7 Å². The third-order valence-corrected chi connectivity index (χ3v) is 4.46. The molecule has 7 heteroatoms. The van der Waals surface area contributed by atoms with Crippen molar-refractivity contribution in [2.24, 2.45) is 0 Å². The van der Waals surface area contributed by atoms with Gasteiger partial charge < -0.3 is 15.4 Å². The lowest BCUT2D eigenvalue weighted by Gasteiger charge is -2.35. The van der Waals surface area contributed by atoms with Crippen molar-refractivity contribution >= 4 is 5.69 Å². The van der Waals surface area contributed by atoms with Gasteiger partial charge in [-0.1, -0.05) is 12.5 Å². The molecule has 2 saturated heterocycles. The van der Waals surface area contributed by atoms with Crippen molar-refractivity contribution in [1.82, 2.24) is 10.2 Å². The molecule has 0 radical (unpaired) electrons. The standard InChI is InChI=1S/C16H22F3N3O/c17-16(18,19)23-13-6-4-5-12(9-13)21-14-10-20-11-15(14)22-7-2-1-3-8-22/h4-6,9,14-15,20-21H,1-3,7-8,10-11H2. The zero-order valence-electron chi connectivity index (χ0n) is 12.9. The topological polar surface area (TPSA) is 36.5 Å². The van der Waals surface area contributed by atoms with Gasteiger partial charge >= 0.3 is 6.36 Å². The Hall–Kier alpha value is -1.47. The van der Waals surface area contributed by atoms with Crippen molar-refractivity contribution in [3.05, 3.63) is 24.3 Å². The maximum Gasteiger partial charge on any atom is 0.573 e. The molecule has 3 rings (SSSR count). The van der Waals surface area contributed by atoms with Crippen LogP contribution in [0.25, 0.3) is 0 Å². The molecule has 23 heavy (non-hydrogen) atoms. The third kappa shape index (κ3) is 4.51. The number of benzene rings is 1. The maximum atomic E-state index is 12.3. The first-order valence-electron chi connectivity index (χ1n) is 8.08. The second kappa shape index (κ2) is 6.97. The highest BCUT2D eigenvalue weighted by atomic mass is 19.4. The fourth-order valence-electron chi connectivity index (χ4n) is 3.44. The van der Waals surface area contributed by atoms with E-state index in [4.69, 9.17) is 0 Å². The smallest absolute Gasteiger partial charge is 0.406 e. The minimum Gasteiger partial charge on any atom is -0.406 e. The van der Waals surface area contributed by atoms with E-state index in [2.05, 4.69) is 20.3 Å². The van der Waals surface area contributed by atoms with Crippen LogP contribution in [-0.4, -0.2) is 49.5 Å². The average molecular weight is 329 g/mol. The second-order valence-electron chi connectivity index (χ2n) is 6.15. The lowest BCUT2D eigenvalue weighted by Crippen LogP contribution is -2.48. The SMILES string of the molecule is FC(F)(F)Oc1cccc(NC2CNCC2N2CCCCC2)c1. The first-order valence-corrected chi connectivity index (χ1v) is 8.08. The van der Waals surface area contributed by atoms with Gasteiger partial charge in [0.25, 0.3) is 0 Å². The zero-order chi connectivity index (χ0) is 16.3. The Morgan fingerprint density at radius 1 is 1.13 bits per heavy atom. The second-order valence-corrected chi connectivity index (χ2v) is 6.15. The van der Waals surface area contributed by atoms with E-state index < -0.39 is 6.36 Å². The van der Waals surface area contributed by atoms with E-state index in [0.717, 1.165) is 26.2 Å². The molecule has 128 valence electrons. The highest BCUT2D eigenvalue weighted by Gasteiger charge is 2.33. The van der Waals surface area contributed by atoms with Crippen LogP contribution in [0.1, 0.15) is 19.3 Å². The molecule has 0 aliphatic carbocycles. The Morgan fingerprint density at radius 3 is 2.65 bits per heavy atom. The number of nitrogens with zero attached hydrogens (tertiary/aromatic N) is 1. The first-order chi connectivity index (χ1) is 11.0. The van der Waals surface area contributed by atoms with Gasteiger partial charge in [-0.25, -0.2) is 0 Å². The maximum absolute atomic E-state index is 12.3. The Labute approximate surface area is 134 Å². The summed E-state index contributed by atoms with van der Waals surface area (Å²) in [6.07, 6.45) is -0.939. The summed E-state index contributed by atoms with van der Waals surface area (Å²) in [7, 11) is 0. The van der Waals surface area contributed by atoms with E-state index in [9.17, 15) is 13.2 Å². The van der Waals surface area contributed by atoms with Crippen molar-refractivity contribution in [3.8, 4) is 5.75 Å². The third-order valence-electron chi connectivity index (χ3n) is 4.46. The lowest BCUT2D eigenvalue weighted by atomic mass is 10.0. The molecule has 0 aromatic heterocycles. The summed E-state index contributed by atoms with van der Waals surface area (Å²) in [6, 6.07) is 6.63. The van der Waals surface area contributed by atoms with Crippen LogP contribution in [0.4, 0.5) is 18.9 Å². The van der Waals surface area contributed by atoms with Gasteiger partial charge in [0.05, 0.1) is 6.04 Å². The molecule has 0 spiro atoms. The normalized spacial score (nSPS) is 26.2. The summed E-state index contributed by atoms with van der Waals surface area (Å²) in [5.41, 5.74) is 0.655. The van der Waals surface area contributed by atoms with Gasteiger partial charge in [-0.05, 0) is 38.1 Å². The van der Waals surface area contributed by atoms with Gasteiger partial charge in [-0.15, -0.1) is 13.2 Å². The fraction of sp³-hybridized carbons (Fsp3) is 0.625. The number of rotatable bonds is 4. The number of anilines is 1. The molecule has 2 atom stereocenters. The average Bonchev–Trinajstić information content (AvgIpc) is 2.95. The van der Waals surface area contributed by atoms with E-state index in [1.807, 2.05) is 0 Å². The van der Waals surface area contributed by atoms with Crippen LogP contribution in [0.15, 0.2) is 24.3 Å². The number of piperidine rings is 1. The molecular weight excluding hydrogens is 307 g/mol. The van der Waals surface area contributed by atoms with Crippen LogP contribution < -0.4 is 15.4 Å². The molecule has 1 aromatic rings. The van der Waals surface area contributed by atoms with Gasteiger partial charge in [-0.2, -0.15) is 0 Å². The lowest BCUT2D eigenvalue weighted by molar-refractivity contribution is -0.274. The summed E-state index contributed by atoms with van der Waals surface area (Å²) < 4.78 is 41.0. The number of likely N-dealkylation sites (tertiary alicyclic amines) is 1. The Morgan fingerprint density at radius 2 is 1.91 bits per heavy atom. The van der Waals surface area contributed by atoms with E-state index >= 15 is 0 Å². The van der Waals surface area contributed by atoms with Crippen LogP contribution in [0.5, 0.6) is 5.75 Å². The van der Waals surface area contributed by atoms with E-state index in [1.54, 1.807) is 12.1 Å². The van der Waals surface area contributed by atoms with Crippen molar-refractivity contribution in [1.29, 1.82) is 0 Å². The molecule has 2 unspecified atom stereocenters. The molecule has 2 aliphatic rings. The molecule has 4 nitrogen and oxygen atoms in total. The van der Waals surface area contributed by atoms with E-state index in [0.29, 0.717) is 11.7 Å². The predicted octanol–water partition coefficient (Wildman–Crippen LogP) is 2.82. The number of halogens is 3. The van der Waals surface area contributed by atoms with Gasteiger partial charge in [0.1, 0.15) is 5.75 Å². The van der Waals surface area contributed by atoms with Crippen molar-refractivity contribution < 1.29 is 17.9 Å². The van der Waals surface area contributed by atoms with Crippen LogP contribution >= 0.6 is 0 Å². The van der Waals surface area contributed by atoms with E-state index in [-0.39, 0.29) is 11.8 Å². The Balaban J connectivity index is 1.64. The van der Waals surface area contributed by atoms with Crippen LogP contribution in [0.2, 0.25) is 0 Å². The van der Waals surface area contributed by atoms with Crippen molar-refractivity contribution in [3.63, 3.8) is 0 Å². The quantitative estimate of drug-likeness (QED) is 0.891. The fourth-order valence-corrected chi connectivity index (χ4v) is 3.44. The summed E-state index contributed by atoms with van der Waals surface area (Å²) in [5.74, 6) is -0.192. The van der Waals surface area contributed by atoms with Gasteiger partial charge in [0.15, 0.2) is 0 Å². The van der Waals surface area contributed by atoms with Crippen molar-refractivity contribution in [2.75, 3.05) is 31.5 Å². The Bertz CT molecular complexity index is 518. The largest absolute Gasteiger partial charge is 0.573 e. The molecule has 0 amide bonds. The van der Waals surface area contributed by atoms with Crippen LogP contribution in [-0.2, 0) is 0 Å². The number of nitrogens with one attached hydrogen (secondary N) is 2. The number of alkyl halides is 3. The molecular formula is C16H22F3N3O. The monoisotopic (exact) mass is 329 g/mol. The number of hydrogen-bond donors (Lipinski definition) is 2. The first kappa shape index (κ1) is 16.4. The summed E-state index contributed by atoms with van der Waals surface area (Å²) >= 11 is 0. The molecule has 2 N–H and O–H groups in total. The number of hydrogen-bond acceptors (Lipinski definition) is 4. The molecule has 0 bridgehead atoms. The van der Waals surface area contributed by atoms with Crippen LogP contribution in [0, 0.1) is 0 Å². The molecule has 2 fully saturated rings. The summed E-state index contributed by atoms with van der Waals surface area (Å²) in [5, 5.41) is 6.74. The van der Waals surface area contributed by atoms with Crippen LogP contribution in [0.3, 0.4) is 0 Å². The number of ether oxygens (including phenoxy) is 1. The highest BCUT2D eigenvalue weighted by Crippen LogP contribution is 2.26. The van der Waals surface area contributed by atoms with Gasteiger partial charge in [0, 0.05) is 30.9 Å². The summed E-state index contributed by atoms with van der Waals surface area (Å²) in [6.45, 7) is 3.92.